The van der Waals surface area contributed by atoms with E-state index in [0.29, 0.717) is 0 Å². The van der Waals surface area contributed by atoms with Gasteiger partial charge in [-0.2, -0.15) is 0 Å². The number of benzene rings is 1. The van der Waals surface area contributed by atoms with Gasteiger partial charge in [-0.15, -0.1) is 0 Å². The Balaban J connectivity index is 2.44. The van der Waals surface area contributed by atoms with E-state index in [2.05, 4.69) is 44.2 Å². The van der Waals surface area contributed by atoms with Crippen molar-refractivity contribution in [1.29, 1.82) is 0 Å². The van der Waals surface area contributed by atoms with Crippen molar-refractivity contribution >= 4 is 6.08 Å². The Labute approximate surface area is 91.4 Å². The molecule has 0 spiro atoms. The van der Waals surface area contributed by atoms with Crippen LogP contribution in [0.5, 0.6) is 0 Å². The second kappa shape index (κ2) is 3.82. The van der Waals surface area contributed by atoms with Gasteiger partial charge in [-0.25, -0.2) is 0 Å². The zero-order valence-electron chi connectivity index (χ0n) is 9.46. The lowest BCUT2D eigenvalue weighted by Gasteiger charge is -2.32. The van der Waals surface area contributed by atoms with Gasteiger partial charge in [-0.05, 0) is 29.4 Å². The fraction of sp³-hybridized carbons (Fsp3) is 0.429. The Hall–Kier alpha value is -1.08. The second-order valence-electron chi connectivity index (χ2n) is 4.92. The summed E-state index contributed by atoms with van der Waals surface area (Å²) in [5.74, 6) is 0. The Morgan fingerprint density at radius 1 is 1.27 bits per heavy atom. The first kappa shape index (κ1) is 10.4. The number of fused-ring (bicyclic) bond motifs is 1. The molecule has 0 aliphatic heterocycles. The molecule has 1 aromatic carbocycles. The molecule has 1 nitrogen and oxygen atoms in total. The lowest BCUT2D eigenvalue weighted by Crippen LogP contribution is -2.22. The first-order valence-electron chi connectivity index (χ1n) is 5.53. The Morgan fingerprint density at radius 3 is 2.73 bits per heavy atom. The monoisotopic (exact) mass is 202 g/mol. The maximum Gasteiger partial charge on any atom is 0.0468 e. The van der Waals surface area contributed by atoms with Gasteiger partial charge in [0.15, 0.2) is 0 Å². The molecule has 1 heteroatoms. The summed E-state index contributed by atoms with van der Waals surface area (Å²) in [5.41, 5.74) is 4.31. The molecule has 1 N–H and O–H groups in total. The molecule has 15 heavy (non-hydrogen) atoms. The molecule has 0 saturated heterocycles. The first-order chi connectivity index (χ1) is 7.13. The van der Waals surface area contributed by atoms with Crippen LogP contribution >= 0.6 is 0 Å². The number of aliphatic hydroxyl groups excluding tert-OH is 1. The van der Waals surface area contributed by atoms with Crippen LogP contribution in [0.1, 0.15) is 37.8 Å². The molecule has 0 saturated carbocycles. The van der Waals surface area contributed by atoms with Crippen LogP contribution in [0.15, 0.2) is 29.8 Å². The highest BCUT2D eigenvalue weighted by atomic mass is 16.2. The van der Waals surface area contributed by atoms with Crippen LogP contribution < -0.4 is 0 Å². The Morgan fingerprint density at radius 2 is 2.00 bits per heavy atom. The predicted octanol–water partition coefficient (Wildman–Crippen LogP) is 3.13. The van der Waals surface area contributed by atoms with E-state index in [1.165, 1.54) is 16.7 Å². The largest absolute Gasteiger partial charge is 0.396 e. The van der Waals surface area contributed by atoms with Crippen LogP contribution in [0.25, 0.3) is 6.08 Å². The van der Waals surface area contributed by atoms with Crippen molar-refractivity contribution in [2.45, 2.75) is 32.1 Å². The van der Waals surface area contributed by atoms with E-state index in [4.69, 9.17) is 5.11 Å². The van der Waals surface area contributed by atoms with Gasteiger partial charge in [0.05, 0.1) is 0 Å². The zero-order valence-corrected chi connectivity index (χ0v) is 9.46. The van der Waals surface area contributed by atoms with E-state index in [9.17, 15) is 0 Å². The van der Waals surface area contributed by atoms with Crippen molar-refractivity contribution < 1.29 is 5.11 Å². The number of hydrogen-bond acceptors (Lipinski definition) is 1. The second-order valence-corrected chi connectivity index (χ2v) is 4.92. The molecule has 0 amide bonds. The predicted molar refractivity (Wildman–Crippen MR) is 63.8 cm³/mol. The first-order valence-corrected chi connectivity index (χ1v) is 5.53. The molecule has 0 radical (unpaired) electrons. The fourth-order valence-electron chi connectivity index (χ4n) is 2.48. The van der Waals surface area contributed by atoms with Gasteiger partial charge in [0.25, 0.3) is 0 Å². The van der Waals surface area contributed by atoms with Gasteiger partial charge < -0.3 is 5.11 Å². The van der Waals surface area contributed by atoms with Crippen LogP contribution in [0.2, 0.25) is 0 Å². The van der Waals surface area contributed by atoms with Gasteiger partial charge in [0, 0.05) is 6.61 Å². The van der Waals surface area contributed by atoms with Gasteiger partial charge in [-0.3, -0.25) is 0 Å². The van der Waals surface area contributed by atoms with E-state index in [-0.39, 0.29) is 12.0 Å². The molecular formula is C14H18O. The number of aliphatic hydroxyl groups is 1. The summed E-state index contributed by atoms with van der Waals surface area (Å²) < 4.78 is 0. The van der Waals surface area contributed by atoms with Gasteiger partial charge in [0.2, 0.25) is 0 Å². The molecule has 0 unspecified atom stereocenters. The topological polar surface area (TPSA) is 20.2 Å². The third-order valence-corrected chi connectivity index (χ3v) is 3.15. The molecular weight excluding hydrogens is 184 g/mol. The van der Waals surface area contributed by atoms with Gasteiger partial charge in [-0.1, -0.05) is 49.8 Å². The lowest BCUT2D eigenvalue weighted by atomic mass is 9.72. The highest BCUT2D eigenvalue weighted by molar-refractivity contribution is 5.62. The van der Waals surface area contributed by atoms with E-state index >= 15 is 0 Å². The minimum absolute atomic E-state index is 0.204. The highest BCUT2D eigenvalue weighted by Crippen LogP contribution is 2.38. The van der Waals surface area contributed by atoms with Gasteiger partial charge in [0.1, 0.15) is 0 Å². The summed E-state index contributed by atoms with van der Waals surface area (Å²) in [7, 11) is 0. The summed E-state index contributed by atoms with van der Waals surface area (Å²) in [6.45, 7) is 4.80. The third-order valence-electron chi connectivity index (χ3n) is 3.15. The summed E-state index contributed by atoms with van der Waals surface area (Å²) in [5, 5.41) is 9.00. The Kier molecular flexibility index (Phi) is 2.66. The van der Waals surface area contributed by atoms with Crippen molar-refractivity contribution in [3.8, 4) is 0 Å². The minimum Gasteiger partial charge on any atom is -0.396 e. The molecule has 0 bridgehead atoms. The average Bonchev–Trinajstić information content (AvgIpc) is 2.17. The van der Waals surface area contributed by atoms with Crippen molar-refractivity contribution in [3.05, 3.63) is 41.0 Å². The minimum atomic E-state index is 0.204. The number of rotatable bonds is 2. The number of hydrogen-bond donors (Lipinski definition) is 1. The van der Waals surface area contributed by atoms with Crippen molar-refractivity contribution in [3.63, 3.8) is 0 Å². The molecule has 0 aromatic heterocycles. The maximum absolute atomic E-state index is 9.00. The van der Waals surface area contributed by atoms with Crippen LogP contribution in [0, 0.1) is 0 Å². The molecule has 2 rings (SSSR count). The normalized spacial score (nSPS) is 18.2. The molecule has 0 atom stereocenters. The van der Waals surface area contributed by atoms with E-state index in [1.807, 2.05) is 0 Å². The van der Waals surface area contributed by atoms with E-state index in [0.717, 1.165) is 12.8 Å². The molecule has 1 aliphatic carbocycles. The summed E-state index contributed by atoms with van der Waals surface area (Å²) >= 11 is 0. The van der Waals surface area contributed by atoms with Crippen LogP contribution in [0.3, 0.4) is 0 Å². The fourth-order valence-corrected chi connectivity index (χ4v) is 2.48. The van der Waals surface area contributed by atoms with Crippen molar-refractivity contribution in [2.75, 3.05) is 6.61 Å². The van der Waals surface area contributed by atoms with E-state index < -0.39 is 0 Å². The summed E-state index contributed by atoms with van der Waals surface area (Å²) in [6.07, 6.45) is 4.10. The highest BCUT2D eigenvalue weighted by Gasteiger charge is 2.27. The molecule has 0 fully saturated rings. The van der Waals surface area contributed by atoms with Crippen LogP contribution in [0.4, 0.5) is 0 Å². The zero-order chi connectivity index (χ0) is 10.9. The van der Waals surface area contributed by atoms with Gasteiger partial charge >= 0.3 is 0 Å². The average molecular weight is 202 g/mol. The molecule has 0 heterocycles. The van der Waals surface area contributed by atoms with Crippen LogP contribution in [-0.2, 0) is 5.41 Å². The summed E-state index contributed by atoms with van der Waals surface area (Å²) in [6, 6.07) is 8.55. The summed E-state index contributed by atoms with van der Waals surface area (Å²) in [4.78, 5) is 0. The standard InChI is InChI=1S/C14H18O/c1-14(2)10-11(7-8-15)9-12-5-3-4-6-13(12)14/h3-6,9,15H,7-8,10H2,1-2H3. The van der Waals surface area contributed by atoms with E-state index in [1.54, 1.807) is 0 Å². The maximum atomic E-state index is 9.00. The quantitative estimate of drug-likeness (QED) is 0.781. The molecule has 1 aromatic rings. The smallest absolute Gasteiger partial charge is 0.0468 e. The SMILES string of the molecule is CC1(C)CC(CCO)=Cc2ccccc21. The Bertz CT molecular complexity index is 388. The van der Waals surface area contributed by atoms with Crippen molar-refractivity contribution in [2.24, 2.45) is 0 Å². The lowest BCUT2D eigenvalue weighted by molar-refractivity contribution is 0.295. The third kappa shape index (κ3) is 1.98. The molecule has 80 valence electrons. The van der Waals surface area contributed by atoms with Crippen LogP contribution in [-0.4, -0.2) is 11.7 Å². The van der Waals surface area contributed by atoms with Crippen molar-refractivity contribution in [1.82, 2.24) is 0 Å². The molecule has 1 aliphatic rings.